The molecule has 0 unspecified atom stereocenters. The van der Waals surface area contributed by atoms with Crippen LogP contribution in [0.4, 0.5) is 0 Å². The van der Waals surface area contributed by atoms with Crippen LogP contribution in [0.25, 0.3) is 0 Å². The molecular formula is C22H34N6O4. The number of carbonyl (C=O) groups excluding carboxylic acids is 2. The number of hydrogen-bond acceptors (Lipinski definition) is 6. The van der Waals surface area contributed by atoms with Crippen LogP contribution in [0.3, 0.4) is 0 Å². The van der Waals surface area contributed by atoms with E-state index in [0.717, 1.165) is 38.7 Å². The number of morpholine rings is 1. The number of aromatic hydroxyl groups is 1. The van der Waals surface area contributed by atoms with Gasteiger partial charge in [-0.2, -0.15) is 0 Å². The average Bonchev–Trinajstić information content (AvgIpc) is 2.82. The highest BCUT2D eigenvalue weighted by atomic mass is 16.5. The molecule has 10 heteroatoms. The van der Waals surface area contributed by atoms with Crippen LogP contribution in [0.2, 0.25) is 0 Å². The number of nitrogens with zero attached hydrogens (tertiary/aromatic N) is 4. The molecule has 176 valence electrons. The van der Waals surface area contributed by atoms with Crippen molar-refractivity contribution in [1.82, 2.24) is 25.3 Å². The number of guanidine groups is 1. The molecule has 0 aliphatic carbocycles. The van der Waals surface area contributed by atoms with Crippen molar-refractivity contribution < 1.29 is 19.4 Å². The van der Waals surface area contributed by atoms with E-state index in [-0.39, 0.29) is 17.6 Å². The van der Waals surface area contributed by atoms with Crippen molar-refractivity contribution in [3.8, 4) is 5.75 Å². The number of piperazine rings is 1. The Morgan fingerprint density at radius 1 is 1.00 bits per heavy atom. The third kappa shape index (κ3) is 7.10. The smallest absolute Gasteiger partial charge is 0.251 e. The predicted molar refractivity (Wildman–Crippen MR) is 122 cm³/mol. The third-order valence-corrected chi connectivity index (χ3v) is 5.52. The summed E-state index contributed by atoms with van der Waals surface area (Å²) in [6.07, 6.45) is 0. The molecule has 0 spiro atoms. The molecule has 32 heavy (non-hydrogen) atoms. The maximum Gasteiger partial charge on any atom is 0.251 e. The SMILES string of the molecule is CCNC(=NCCNC(=O)c1ccc(O)cc1)N1CCN(CC(=O)N2CCOCC2)CC1. The highest BCUT2D eigenvalue weighted by Crippen LogP contribution is 2.09. The van der Waals surface area contributed by atoms with Crippen molar-refractivity contribution in [2.45, 2.75) is 6.92 Å². The first-order chi connectivity index (χ1) is 15.6. The lowest BCUT2D eigenvalue weighted by atomic mass is 10.2. The van der Waals surface area contributed by atoms with Gasteiger partial charge in [0.2, 0.25) is 5.91 Å². The summed E-state index contributed by atoms with van der Waals surface area (Å²) in [5.74, 6) is 0.938. The Morgan fingerprint density at radius 3 is 2.34 bits per heavy atom. The minimum Gasteiger partial charge on any atom is -0.508 e. The monoisotopic (exact) mass is 446 g/mol. The zero-order valence-electron chi connectivity index (χ0n) is 18.8. The Bertz CT molecular complexity index is 771. The van der Waals surface area contributed by atoms with Gasteiger partial charge in [-0.25, -0.2) is 0 Å². The molecule has 2 heterocycles. The van der Waals surface area contributed by atoms with Crippen molar-refractivity contribution in [2.24, 2.45) is 4.99 Å². The van der Waals surface area contributed by atoms with E-state index < -0.39 is 0 Å². The molecule has 1 aromatic carbocycles. The Labute approximate surface area is 189 Å². The topological polar surface area (TPSA) is 110 Å². The number of nitrogens with one attached hydrogen (secondary N) is 2. The molecule has 3 N–H and O–H groups in total. The van der Waals surface area contributed by atoms with E-state index in [1.54, 1.807) is 12.1 Å². The summed E-state index contributed by atoms with van der Waals surface area (Å²) in [5.41, 5.74) is 0.501. The van der Waals surface area contributed by atoms with Gasteiger partial charge in [-0.3, -0.25) is 19.5 Å². The molecule has 0 radical (unpaired) electrons. The fraction of sp³-hybridized carbons (Fsp3) is 0.591. The van der Waals surface area contributed by atoms with Gasteiger partial charge in [0.15, 0.2) is 5.96 Å². The van der Waals surface area contributed by atoms with Crippen LogP contribution in [-0.2, 0) is 9.53 Å². The van der Waals surface area contributed by atoms with E-state index in [0.29, 0.717) is 51.5 Å². The standard InChI is InChI=1S/C22H34N6O4/c1-2-23-22(25-8-7-24-21(31)18-3-5-19(29)6-4-18)28-11-9-26(10-12-28)17-20(30)27-13-15-32-16-14-27/h3-6,29H,2,7-17H2,1H3,(H,23,25)(H,24,31). The minimum absolute atomic E-state index is 0.131. The lowest BCUT2D eigenvalue weighted by Gasteiger charge is -2.37. The number of ether oxygens (including phenoxy) is 1. The highest BCUT2D eigenvalue weighted by Gasteiger charge is 2.24. The second kappa shape index (κ2) is 12.3. The number of carbonyl (C=O) groups is 2. The molecule has 2 aliphatic rings. The second-order valence-electron chi connectivity index (χ2n) is 7.79. The molecule has 2 aliphatic heterocycles. The van der Waals surface area contributed by atoms with Crippen LogP contribution in [0.15, 0.2) is 29.3 Å². The molecular weight excluding hydrogens is 412 g/mol. The Balaban J connectivity index is 1.42. The summed E-state index contributed by atoms with van der Waals surface area (Å²) in [5, 5.41) is 15.5. The number of benzene rings is 1. The summed E-state index contributed by atoms with van der Waals surface area (Å²) in [7, 11) is 0. The maximum absolute atomic E-state index is 12.5. The quantitative estimate of drug-likeness (QED) is 0.296. The third-order valence-electron chi connectivity index (χ3n) is 5.52. The average molecular weight is 447 g/mol. The van der Waals surface area contributed by atoms with E-state index in [9.17, 15) is 14.7 Å². The Kier molecular flexibility index (Phi) is 9.12. The zero-order chi connectivity index (χ0) is 22.8. The van der Waals surface area contributed by atoms with Crippen molar-refractivity contribution in [1.29, 1.82) is 0 Å². The van der Waals surface area contributed by atoms with Gasteiger partial charge in [-0.15, -0.1) is 0 Å². The first kappa shape index (κ1) is 23.8. The highest BCUT2D eigenvalue weighted by molar-refractivity contribution is 5.94. The van der Waals surface area contributed by atoms with Gasteiger partial charge in [-0.05, 0) is 31.2 Å². The molecule has 2 fully saturated rings. The first-order valence-electron chi connectivity index (χ1n) is 11.2. The zero-order valence-corrected chi connectivity index (χ0v) is 18.8. The largest absolute Gasteiger partial charge is 0.508 e. The summed E-state index contributed by atoms with van der Waals surface area (Å²) in [6, 6.07) is 6.15. The van der Waals surface area contributed by atoms with E-state index in [2.05, 4.69) is 25.4 Å². The lowest BCUT2D eigenvalue weighted by Crippen LogP contribution is -2.55. The molecule has 2 amide bonds. The minimum atomic E-state index is -0.191. The molecule has 10 nitrogen and oxygen atoms in total. The number of rotatable bonds is 7. The molecule has 3 rings (SSSR count). The van der Waals surface area contributed by atoms with Gasteiger partial charge in [0.05, 0.1) is 26.3 Å². The van der Waals surface area contributed by atoms with Gasteiger partial charge in [-0.1, -0.05) is 0 Å². The number of aliphatic imine (C=N–C) groups is 1. The van der Waals surface area contributed by atoms with Crippen molar-refractivity contribution in [3.05, 3.63) is 29.8 Å². The van der Waals surface area contributed by atoms with Crippen LogP contribution in [0.1, 0.15) is 17.3 Å². The molecule has 0 saturated carbocycles. The van der Waals surface area contributed by atoms with E-state index >= 15 is 0 Å². The summed E-state index contributed by atoms with van der Waals surface area (Å²) >= 11 is 0. The van der Waals surface area contributed by atoms with Crippen LogP contribution in [-0.4, -0.2) is 116 Å². The van der Waals surface area contributed by atoms with E-state index in [1.807, 2.05) is 11.8 Å². The lowest BCUT2D eigenvalue weighted by molar-refractivity contribution is -0.136. The summed E-state index contributed by atoms with van der Waals surface area (Å²) in [4.78, 5) is 35.5. The summed E-state index contributed by atoms with van der Waals surface area (Å²) < 4.78 is 5.32. The van der Waals surface area contributed by atoms with E-state index in [4.69, 9.17) is 4.74 Å². The van der Waals surface area contributed by atoms with Crippen molar-refractivity contribution >= 4 is 17.8 Å². The Morgan fingerprint density at radius 2 is 1.69 bits per heavy atom. The first-order valence-corrected chi connectivity index (χ1v) is 11.2. The van der Waals surface area contributed by atoms with Gasteiger partial charge >= 0.3 is 0 Å². The van der Waals surface area contributed by atoms with Crippen molar-refractivity contribution in [3.63, 3.8) is 0 Å². The second-order valence-corrected chi connectivity index (χ2v) is 7.79. The van der Waals surface area contributed by atoms with Crippen LogP contribution in [0.5, 0.6) is 5.75 Å². The number of amides is 2. The maximum atomic E-state index is 12.5. The van der Waals surface area contributed by atoms with E-state index in [1.165, 1.54) is 12.1 Å². The van der Waals surface area contributed by atoms with Gasteiger partial charge in [0, 0.05) is 57.9 Å². The van der Waals surface area contributed by atoms with Crippen LogP contribution >= 0.6 is 0 Å². The fourth-order valence-corrected chi connectivity index (χ4v) is 3.69. The molecule has 1 aromatic rings. The number of phenols is 1. The van der Waals surface area contributed by atoms with Gasteiger partial charge in [0.25, 0.3) is 5.91 Å². The molecule has 2 saturated heterocycles. The van der Waals surface area contributed by atoms with Gasteiger partial charge in [0.1, 0.15) is 5.75 Å². The van der Waals surface area contributed by atoms with Crippen LogP contribution in [0, 0.1) is 0 Å². The van der Waals surface area contributed by atoms with Crippen molar-refractivity contribution in [2.75, 3.05) is 78.7 Å². The molecule has 0 aromatic heterocycles. The number of phenolic OH excluding ortho intramolecular Hbond substituents is 1. The van der Waals surface area contributed by atoms with Gasteiger partial charge < -0.3 is 30.3 Å². The number of hydrogen-bond donors (Lipinski definition) is 3. The molecule has 0 bridgehead atoms. The predicted octanol–water partition coefficient (Wildman–Crippen LogP) is -0.436. The van der Waals surface area contributed by atoms with Crippen LogP contribution < -0.4 is 10.6 Å². The Hall–Kier alpha value is -2.85. The molecule has 0 atom stereocenters. The summed E-state index contributed by atoms with van der Waals surface area (Å²) in [6.45, 7) is 9.91. The normalized spacial score (nSPS) is 17.8. The fourth-order valence-electron chi connectivity index (χ4n) is 3.69.